The average Bonchev–Trinajstić information content (AvgIpc) is 2.98. The van der Waals surface area contributed by atoms with Crippen molar-refractivity contribution in [1.82, 2.24) is 0 Å². The van der Waals surface area contributed by atoms with E-state index in [0.29, 0.717) is 11.8 Å². The summed E-state index contributed by atoms with van der Waals surface area (Å²) in [6.07, 6.45) is 3.36. The maximum Gasteiger partial charge on any atom is 0.167 e. The number of rotatable bonds is 2. The number of carbonyl (C=O) groups is 1. The Bertz CT molecular complexity index is 473. The van der Waals surface area contributed by atoms with Crippen LogP contribution in [0.15, 0.2) is 30.3 Å². The van der Waals surface area contributed by atoms with E-state index < -0.39 is 0 Å². The molecule has 4 atom stereocenters. The fourth-order valence-electron chi connectivity index (χ4n) is 3.65. The highest BCUT2D eigenvalue weighted by Crippen LogP contribution is 2.52. The number of ketones is 1. The van der Waals surface area contributed by atoms with Gasteiger partial charge in [-0.15, -0.1) is 0 Å². The van der Waals surface area contributed by atoms with Crippen molar-refractivity contribution in [3.8, 4) is 6.07 Å². The number of carbonyl (C=O) groups excluding carboxylic acids is 1. The number of fused-ring (bicyclic) bond motifs is 2. The molecule has 86 valence electrons. The lowest BCUT2D eigenvalue weighted by atomic mass is 9.76. The molecule has 2 nitrogen and oxygen atoms in total. The highest BCUT2D eigenvalue weighted by molar-refractivity contribution is 5.98. The molecule has 0 unspecified atom stereocenters. The van der Waals surface area contributed by atoms with E-state index in [9.17, 15) is 10.1 Å². The Hall–Kier alpha value is -1.62. The third-order valence-corrected chi connectivity index (χ3v) is 4.43. The van der Waals surface area contributed by atoms with Crippen LogP contribution in [0.4, 0.5) is 0 Å². The molecule has 0 amide bonds. The van der Waals surface area contributed by atoms with E-state index in [2.05, 4.69) is 6.07 Å². The van der Waals surface area contributed by atoms with Crippen molar-refractivity contribution in [3.63, 3.8) is 0 Å². The molecule has 2 bridgehead atoms. The van der Waals surface area contributed by atoms with E-state index >= 15 is 0 Å². The predicted molar refractivity (Wildman–Crippen MR) is 64.2 cm³/mol. The molecule has 1 aromatic carbocycles. The Morgan fingerprint density at radius 2 is 1.88 bits per heavy atom. The molecular weight excluding hydrogens is 210 g/mol. The minimum Gasteiger partial charge on any atom is -0.294 e. The van der Waals surface area contributed by atoms with Gasteiger partial charge in [-0.3, -0.25) is 4.79 Å². The predicted octanol–water partition coefficient (Wildman–Crippen LogP) is 3.06. The summed E-state index contributed by atoms with van der Waals surface area (Å²) in [5.74, 6) is 1.03. The van der Waals surface area contributed by atoms with Crippen molar-refractivity contribution >= 4 is 5.78 Å². The van der Waals surface area contributed by atoms with Crippen molar-refractivity contribution in [3.05, 3.63) is 35.9 Å². The molecule has 2 heteroatoms. The van der Waals surface area contributed by atoms with Gasteiger partial charge in [0.2, 0.25) is 0 Å². The first-order valence-corrected chi connectivity index (χ1v) is 6.30. The van der Waals surface area contributed by atoms with Gasteiger partial charge in [-0.2, -0.15) is 5.26 Å². The van der Waals surface area contributed by atoms with Crippen molar-refractivity contribution in [2.24, 2.45) is 23.7 Å². The SMILES string of the molecule is N#C[C@H]1[C@@H]2CC[C@H](C2)[C@H]1C(=O)c1ccccc1. The molecule has 3 rings (SSSR count). The summed E-state index contributed by atoms with van der Waals surface area (Å²) in [6.45, 7) is 0. The Morgan fingerprint density at radius 1 is 1.18 bits per heavy atom. The second-order valence-electron chi connectivity index (χ2n) is 5.24. The quantitative estimate of drug-likeness (QED) is 0.726. The summed E-state index contributed by atoms with van der Waals surface area (Å²) < 4.78 is 0. The molecule has 0 spiro atoms. The highest BCUT2D eigenvalue weighted by atomic mass is 16.1. The van der Waals surface area contributed by atoms with Crippen LogP contribution in [0, 0.1) is 35.0 Å². The molecular formula is C15H15NO. The van der Waals surface area contributed by atoms with Gasteiger partial charge in [0.1, 0.15) is 0 Å². The molecule has 0 radical (unpaired) electrons. The van der Waals surface area contributed by atoms with Gasteiger partial charge in [0.15, 0.2) is 5.78 Å². The van der Waals surface area contributed by atoms with Crippen molar-refractivity contribution < 1.29 is 4.79 Å². The second-order valence-corrected chi connectivity index (χ2v) is 5.24. The minimum absolute atomic E-state index is 0.0403. The van der Waals surface area contributed by atoms with E-state index in [1.807, 2.05) is 30.3 Å². The first kappa shape index (κ1) is 10.5. The monoisotopic (exact) mass is 225 g/mol. The Labute approximate surface area is 101 Å². The van der Waals surface area contributed by atoms with Gasteiger partial charge >= 0.3 is 0 Å². The summed E-state index contributed by atoms with van der Waals surface area (Å²) in [6, 6.07) is 11.8. The molecule has 0 saturated heterocycles. The van der Waals surface area contributed by atoms with E-state index in [0.717, 1.165) is 24.8 Å². The van der Waals surface area contributed by atoms with E-state index in [-0.39, 0.29) is 17.6 Å². The fraction of sp³-hybridized carbons (Fsp3) is 0.467. The Balaban J connectivity index is 1.90. The van der Waals surface area contributed by atoms with E-state index in [1.54, 1.807) is 0 Å². The zero-order chi connectivity index (χ0) is 11.8. The normalized spacial score (nSPS) is 34.5. The number of hydrogen-bond donors (Lipinski definition) is 0. The molecule has 0 heterocycles. The largest absolute Gasteiger partial charge is 0.294 e. The van der Waals surface area contributed by atoms with Crippen LogP contribution >= 0.6 is 0 Å². The molecule has 2 aliphatic carbocycles. The number of nitriles is 1. The molecule has 17 heavy (non-hydrogen) atoms. The topological polar surface area (TPSA) is 40.9 Å². The first-order chi connectivity index (χ1) is 8.31. The van der Waals surface area contributed by atoms with Gasteiger partial charge in [-0.1, -0.05) is 30.3 Å². The van der Waals surface area contributed by atoms with Crippen LogP contribution < -0.4 is 0 Å². The molecule has 1 aromatic rings. The van der Waals surface area contributed by atoms with Gasteiger partial charge in [0.05, 0.1) is 12.0 Å². The van der Waals surface area contributed by atoms with E-state index in [1.165, 1.54) is 0 Å². The van der Waals surface area contributed by atoms with Crippen LogP contribution in [-0.2, 0) is 0 Å². The van der Waals surface area contributed by atoms with Crippen molar-refractivity contribution in [2.45, 2.75) is 19.3 Å². The standard InChI is InChI=1S/C15H15NO/c16-9-13-11-6-7-12(8-11)14(13)15(17)10-4-2-1-3-5-10/h1-5,11-14H,6-8H2/t11-,12-,13+,14-/m1/s1. The number of benzene rings is 1. The third kappa shape index (κ3) is 1.58. The summed E-state index contributed by atoms with van der Waals surface area (Å²) in [4.78, 5) is 12.5. The molecule has 0 N–H and O–H groups in total. The number of hydrogen-bond acceptors (Lipinski definition) is 2. The zero-order valence-electron chi connectivity index (χ0n) is 9.67. The molecule has 0 aromatic heterocycles. The summed E-state index contributed by atoms with van der Waals surface area (Å²) in [5, 5.41) is 9.25. The van der Waals surface area contributed by atoms with Crippen LogP contribution in [0.2, 0.25) is 0 Å². The molecule has 2 saturated carbocycles. The summed E-state index contributed by atoms with van der Waals surface area (Å²) in [7, 11) is 0. The van der Waals surface area contributed by atoms with Gasteiger partial charge in [0, 0.05) is 11.5 Å². The molecule has 2 fully saturated rings. The van der Waals surface area contributed by atoms with E-state index in [4.69, 9.17) is 0 Å². The van der Waals surface area contributed by atoms with Gasteiger partial charge in [-0.05, 0) is 31.1 Å². The molecule has 2 aliphatic rings. The lowest BCUT2D eigenvalue weighted by Crippen LogP contribution is -2.28. The minimum atomic E-state index is -0.0406. The average molecular weight is 225 g/mol. The molecule has 0 aliphatic heterocycles. The van der Waals surface area contributed by atoms with Crippen LogP contribution in [0.25, 0.3) is 0 Å². The van der Waals surface area contributed by atoms with Crippen LogP contribution in [0.3, 0.4) is 0 Å². The lowest BCUT2D eigenvalue weighted by molar-refractivity contribution is 0.0842. The van der Waals surface area contributed by atoms with Crippen LogP contribution in [-0.4, -0.2) is 5.78 Å². The second kappa shape index (κ2) is 4.00. The third-order valence-electron chi connectivity index (χ3n) is 4.43. The van der Waals surface area contributed by atoms with Crippen molar-refractivity contribution in [1.29, 1.82) is 5.26 Å². The Morgan fingerprint density at radius 3 is 2.59 bits per heavy atom. The lowest BCUT2D eigenvalue weighted by Gasteiger charge is -2.25. The van der Waals surface area contributed by atoms with Crippen LogP contribution in [0.1, 0.15) is 29.6 Å². The van der Waals surface area contributed by atoms with Gasteiger partial charge < -0.3 is 0 Å². The maximum absolute atomic E-state index is 12.5. The van der Waals surface area contributed by atoms with Crippen LogP contribution in [0.5, 0.6) is 0 Å². The summed E-state index contributed by atoms with van der Waals surface area (Å²) in [5.41, 5.74) is 0.769. The van der Waals surface area contributed by atoms with Crippen molar-refractivity contribution in [2.75, 3.05) is 0 Å². The van der Waals surface area contributed by atoms with Gasteiger partial charge in [0.25, 0.3) is 0 Å². The maximum atomic E-state index is 12.5. The first-order valence-electron chi connectivity index (χ1n) is 6.30. The number of Topliss-reactive ketones (excluding diaryl/α,β-unsaturated/α-hetero) is 1. The zero-order valence-corrected chi connectivity index (χ0v) is 9.67. The Kier molecular flexibility index (Phi) is 2.48. The fourth-order valence-corrected chi connectivity index (χ4v) is 3.65. The van der Waals surface area contributed by atoms with Gasteiger partial charge in [-0.25, -0.2) is 0 Å². The smallest absolute Gasteiger partial charge is 0.167 e. The number of nitrogens with zero attached hydrogens (tertiary/aromatic N) is 1. The highest BCUT2D eigenvalue weighted by Gasteiger charge is 2.50. The summed E-state index contributed by atoms with van der Waals surface area (Å²) >= 11 is 0.